The van der Waals surface area contributed by atoms with Crippen molar-refractivity contribution in [1.82, 2.24) is 15.6 Å². The van der Waals surface area contributed by atoms with Crippen molar-refractivity contribution < 1.29 is 9.53 Å². The van der Waals surface area contributed by atoms with Crippen molar-refractivity contribution in [1.29, 1.82) is 0 Å². The van der Waals surface area contributed by atoms with E-state index in [1.165, 1.54) is 12.7 Å². The van der Waals surface area contributed by atoms with E-state index >= 15 is 0 Å². The van der Waals surface area contributed by atoms with Crippen LogP contribution in [0.25, 0.3) is 0 Å². The van der Waals surface area contributed by atoms with Crippen LogP contribution in [0.4, 0.5) is 10.6 Å². The first-order chi connectivity index (χ1) is 9.72. The maximum Gasteiger partial charge on any atom is 0.407 e. The molecule has 2 rings (SSSR count). The zero-order chi connectivity index (χ0) is 14.4. The quantitative estimate of drug-likeness (QED) is 0.845. The molecule has 1 aromatic rings. The molecule has 0 aromatic carbocycles. The van der Waals surface area contributed by atoms with Gasteiger partial charge in [0.2, 0.25) is 0 Å². The molecule has 110 valence electrons. The Morgan fingerprint density at radius 1 is 1.55 bits per heavy atom. The predicted molar refractivity (Wildman–Crippen MR) is 77.8 cm³/mol. The van der Waals surface area contributed by atoms with Gasteiger partial charge in [-0.3, -0.25) is 0 Å². The minimum Gasteiger partial charge on any atom is -0.453 e. The van der Waals surface area contributed by atoms with E-state index in [2.05, 4.69) is 38.2 Å². The van der Waals surface area contributed by atoms with E-state index in [1.54, 1.807) is 0 Å². The zero-order valence-corrected chi connectivity index (χ0v) is 12.1. The number of methoxy groups -OCH3 is 1. The second-order valence-corrected chi connectivity index (χ2v) is 4.87. The molecule has 1 fully saturated rings. The van der Waals surface area contributed by atoms with Crippen LogP contribution in [0.3, 0.4) is 0 Å². The van der Waals surface area contributed by atoms with E-state index in [4.69, 9.17) is 0 Å². The number of hydrogen-bond donors (Lipinski definition) is 2. The molecule has 0 radical (unpaired) electrons. The first-order valence-electron chi connectivity index (χ1n) is 6.98. The van der Waals surface area contributed by atoms with Gasteiger partial charge < -0.3 is 20.3 Å². The topological polar surface area (TPSA) is 66.5 Å². The van der Waals surface area contributed by atoms with Crippen LogP contribution in [0.2, 0.25) is 0 Å². The van der Waals surface area contributed by atoms with E-state index in [9.17, 15) is 4.79 Å². The van der Waals surface area contributed by atoms with Crippen molar-refractivity contribution in [3.05, 3.63) is 23.9 Å². The average molecular weight is 278 g/mol. The van der Waals surface area contributed by atoms with Gasteiger partial charge in [0.15, 0.2) is 0 Å². The Kier molecular flexibility index (Phi) is 5.17. The number of ether oxygens (including phenoxy) is 1. The third kappa shape index (κ3) is 3.84. The molecule has 1 aromatic heterocycles. The van der Waals surface area contributed by atoms with Crippen molar-refractivity contribution in [2.45, 2.75) is 25.9 Å². The number of alkyl carbamates (subject to hydrolysis) is 1. The SMILES string of the molecule is CCNCc1ccc(N2CCC(NC(=O)OC)C2)nc1. The number of nitrogens with zero attached hydrogens (tertiary/aromatic N) is 2. The number of rotatable bonds is 5. The maximum absolute atomic E-state index is 11.2. The summed E-state index contributed by atoms with van der Waals surface area (Å²) in [4.78, 5) is 17.8. The number of aromatic nitrogens is 1. The van der Waals surface area contributed by atoms with Gasteiger partial charge >= 0.3 is 6.09 Å². The van der Waals surface area contributed by atoms with Crippen molar-refractivity contribution in [2.24, 2.45) is 0 Å². The van der Waals surface area contributed by atoms with Gasteiger partial charge in [-0.05, 0) is 24.6 Å². The first-order valence-corrected chi connectivity index (χ1v) is 6.98. The number of nitrogens with one attached hydrogen (secondary N) is 2. The molecule has 1 aliphatic rings. The molecule has 1 unspecified atom stereocenters. The molecule has 0 saturated carbocycles. The lowest BCUT2D eigenvalue weighted by molar-refractivity contribution is 0.167. The zero-order valence-electron chi connectivity index (χ0n) is 12.1. The third-order valence-corrected chi connectivity index (χ3v) is 3.41. The monoisotopic (exact) mass is 278 g/mol. The second kappa shape index (κ2) is 7.09. The summed E-state index contributed by atoms with van der Waals surface area (Å²) in [5.74, 6) is 0.958. The molecule has 20 heavy (non-hydrogen) atoms. The fourth-order valence-corrected chi connectivity index (χ4v) is 2.29. The highest BCUT2D eigenvalue weighted by Gasteiger charge is 2.24. The molecule has 1 aliphatic heterocycles. The summed E-state index contributed by atoms with van der Waals surface area (Å²) in [7, 11) is 1.38. The minimum absolute atomic E-state index is 0.130. The molecule has 1 amide bonds. The fourth-order valence-electron chi connectivity index (χ4n) is 2.29. The first kappa shape index (κ1) is 14.6. The minimum atomic E-state index is -0.370. The van der Waals surface area contributed by atoms with Crippen LogP contribution < -0.4 is 15.5 Å². The Morgan fingerprint density at radius 3 is 3.05 bits per heavy atom. The Morgan fingerprint density at radius 2 is 2.40 bits per heavy atom. The highest BCUT2D eigenvalue weighted by Crippen LogP contribution is 2.18. The Hall–Kier alpha value is -1.82. The van der Waals surface area contributed by atoms with Crippen molar-refractivity contribution in [2.75, 3.05) is 31.6 Å². The van der Waals surface area contributed by atoms with Crippen molar-refractivity contribution in [3.63, 3.8) is 0 Å². The van der Waals surface area contributed by atoms with Gasteiger partial charge in [-0.15, -0.1) is 0 Å². The van der Waals surface area contributed by atoms with E-state index in [0.29, 0.717) is 0 Å². The van der Waals surface area contributed by atoms with Crippen LogP contribution in [-0.4, -0.2) is 43.9 Å². The van der Waals surface area contributed by atoms with E-state index < -0.39 is 0 Å². The summed E-state index contributed by atoms with van der Waals surface area (Å²) in [5, 5.41) is 6.10. The van der Waals surface area contributed by atoms with Gasteiger partial charge in [-0.2, -0.15) is 0 Å². The number of amides is 1. The molecule has 2 N–H and O–H groups in total. The number of carbonyl (C=O) groups excluding carboxylic acids is 1. The van der Waals surface area contributed by atoms with Gasteiger partial charge in [0, 0.05) is 25.8 Å². The van der Waals surface area contributed by atoms with Gasteiger partial charge in [0.25, 0.3) is 0 Å². The summed E-state index contributed by atoms with van der Waals surface area (Å²) in [6.45, 7) is 5.55. The Labute approximate surface area is 119 Å². The van der Waals surface area contributed by atoms with Gasteiger partial charge in [-0.1, -0.05) is 13.0 Å². The fraction of sp³-hybridized carbons (Fsp3) is 0.571. The van der Waals surface area contributed by atoms with Crippen LogP contribution in [0.5, 0.6) is 0 Å². The summed E-state index contributed by atoms with van der Waals surface area (Å²) in [6.07, 6.45) is 2.44. The summed E-state index contributed by atoms with van der Waals surface area (Å²) < 4.78 is 4.62. The molecule has 6 nitrogen and oxygen atoms in total. The van der Waals surface area contributed by atoms with E-state index in [-0.39, 0.29) is 12.1 Å². The smallest absolute Gasteiger partial charge is 0.407 e. The van der Waals surface area contributed by atoms with Crippen molar-refractivity contribution in [3.8, 4) is 0 Å². The molecule has 1 atom stereocenters. The number of hydrogen-bond acceptors (Lipinski definition) is 5. The molecular formula is C14H22N4O2. The van der Waals surface area contributed by atoms with Gasteiger partial charge in [-0.25, -0.2) is 9.78 Å². The van der Waals surface area contributed by atoms with Crippen molar-refractivity contribution >= 4 is 11.9 Å². The third-order valence-electron chi connectivity index (χ3n) is 3.41. The maximum atomic E-state index is 11.2. The normalized spacial score (nSPS) is 18.1. The summed E-state index contributed by atoms with van der Waals surface area (Å²) in [6, 6.07) is 4.25. The molecule has 0 bridgehead atoms. The molecule has 0 aliphatic carbocycles. The van der Waals surface area contributed by atoms with E-state index in [0.717, 1.165) is 38.4 Å². The van der Waals surface area contributed by atoms with Crippen LogP contribution >= 0.6 is 0 Å². The molecular weight excluding hydrogens is 256 g/mol. The number of pyridine rings is 1. The number of carbonyl (C=O) groups is 1. The lowest BCUT2D eigenvalue weighted by Crippen LogP contribution is -2.37. The molecule has 2 heterocycles. The summed E-state index contributed by atoms with van der Waals surface area (Å²) >= 11 is 0. The lowest BCUT2D eigenvalue weighted by atomic mass is 10.2. The largest absolute Gasteiger partial charge is 0.453 e. The number of anilines is 1. The molecule has 1 saturated heterocycles. The average Bonchev–Trinajstić information content (AvgIpc) is 2.94. The Balaban J connectivity index is 1.88. The highest BCUT2D eigenvalue weighted by atomic mass is 16.5. The summed E-state index contributed by atoms with van der Waals surface area (Å²) in [5.41, 5.74) is 1.18. The standard InChI is InChI=1S/C14H22N4O2/c1-3-15-8-11-4-5-13(16-9-11)18-7-6-12(10-18)17-14(19)20-2/h4-5,9,12,15H,3,6-8,10H2,1-2H3,(H,17,19). The highest BCUT2D eigenvalue weighted by molar-refractivity contribution is 5.67. The second-order valence-electron chi connectivity index (χ2n) is 4.87. The van der Waals surface area contributed by atoms with Crippen LogP contribution in [-0.2, 0) is 11.3 Å². The van der Waals surface area contributed by atoms with Gasteiger partial charge in [0.1, 0.15) is 5.82 Å². The van der Waals surface area contributed by atoms with Crippen LogP contribution in [0, 0.1) is 0 Å². The van der Waals surface area contributed by atoms with E-state index in [1.807, 2.05) is 12.3 Å². The molecule has 6 heteroatoms. The van der Waals surface area contributed by atoms with Gasteiger partial charge in [0.05, 0.1) is 13.2 Å². The lowest BCUT2D eigenvalue weighted by Gasteiger charge is -2.18. The Bertz CT molecular complexity index is 435. The molecule has 0 spiro atoms. The van der Waals surface area contributed by atoms with Crippen LogP contribution in [0.1, 0.15) is 18.9 Å². The predicted octanol–water partition coefficient (Wildman–Crippen LogP) is 1.13. The van der Waals surface area contributed by atoms with Crippen LogP contribution in [0.15, 0.2) is 18.3 Å².